The second kappa shape index (κ2) is 5.51. The highest BCUT2D eigenvalue weighted by atomic mass is 35.5. The Kier molecular flexibility index (Phi) is 3.76. The van der Waals surface area contributed by atoms with Crippen molar-refractivity contribution in [3.05, 3.63) is 29.6 Å². The number of benzene rings is 1. The molecule has 1 saturated heterocycles. The van der Waals surface area contributed by atoms with E-state index in [0.717, 1.165) is 43.8 Å². The third-order valence-electron chi connectivity index (χ3n) is 3.81. The molecule has 1 aromatic heterocycles. The highest BCUT2D eigenvalue weighted by Crippen LogP contribution is 2.28. The molecule has 1 aliphatic heterocycles. The van der Waals surface area contributed by atoms with E-state index < -0.39 is 0 Å². The third-order valence-corrected chi connectivity index (χ3v) is 4.00. The van der Waals surface area contributed by atoms with Gasteiger partial charge in [-0.3, -0.25) is 0 Å². The van der Waals surface area contributed by atoms with Crippen LogP contribution in [0.4, 0.5) is 0 Å². The summed E-state index contributed by atoms with van der Waals surface area (Å²) in [5.41, 5.74) is 3.55. The van der Waals surface area contributed by atoms with Crippen molar-refractivity contribution >= 4 is 22.6 Å². The predicted octanol–water partition coefficient (Wildman–Crippen LogP) is 3.48. The summed E-state index contributed by atoms with van der Waals surface area (Å²) in [4.78, 5) is 4.80. The molecule has 1 fully saturated rings. The summed E-state index contributed by atoms with van der Waals surface area (Å²) in [6, 6.07) is 6.77. The summed E-state index contributed by atoms with van der Waals surface area (Å²) in [6.07, 6.45) is 3.09. The first-order valence-corrected chi connectivity index (χ1v) is 7.45. The van der Waals surface area contributed by atoms with Gasteiger partial charge in [0.1, 0.15) is 5.82 Å². The highest BCUT2D eigenvalue weighted by Gasteiger charge is 2.21. The Morgan fingerprint density at radius 3 is 3.11 bits per heavy atom. The normalized spacial score (nSPS) is 20.0. The number of rotatable bonds is 3. The van der Waals surface area contributed by atoms with Crippen LogP contribution in [0.15, 0.2) is 18.2 Å². The first-order chi connectivity index (χ1) is 9.31. The van der Waals surface area contributed by atoms with Crippen LogP contribution in [0.3, 0.4) is 0 Å². The fourth-order valence-corrected chi connectivity index (χ4v) is 3.07. The van der Waals surface area contributed by atoms with Crippen molar-refractivity contribution in [3.63, 3.8) is 0 Å². The fraction of sp³-hybridized carbons (Fsp3) is 0.533. The molecule has 1 unspecified atom stereocenters. The van der Waals surface area contributed by atoms with Gasteiger partial charge >= 0.3 is 0 Å². The Morgan fingerprint density at radius 1 is 1.47 bits per heavy atom. The van der Waals surface area contributed by atoms with Crippen molar-refractivity contribution in [3.8, 4) is 0 Å². The number of alkyl halides is 1. The monoisotopic (exact) mass is 278 g/mol. The molecule has 3 rings (SSSR count). The maximum Gasteiger partial charge on any atom is 0.111 e. The van der Waals surface area contributed by atoms with E-state index in [9.17, 15) is 0 Å². The predicted molar refractivity (Wildman–Crippen MR) is 78.0 cm³/mol. The maximum atomic E-state index is 5.93. The summed E-state index contributed by atoms with van der Waals surface area (Å²) in [5, 5.41) is 0. The molecule has 1 aromatic carbocycles. The standard InChI is InChI=1S/C15H19ClN2O/c1-11-4-2-6-13-15(11)17-14(7-8-16)18(13)12-5-3-9-19-10-12/h2,4,6,12H,3,5,7-10H2,1H3. The van der Waals surface area contributed by atoms with Crippen LogP contribution in [0.5, 0.6) is 0 Å². The van der Waals surface area contributed by atoms with E-state index in [0.29, 0.717) is 11.9 Å². The molecule has 0 amide bonds. The van der Waals surface area contributed by atoms with Gasteiger partial charge in [0.25, 0.3) is 0 Å². The lowest BCUT2D eigenvalue weighted by Gasteiger charge is -2.25. The number of ether oxygens (including phenoxy) is 1. The van der Waals surface area contributed by atoms with Gasteiger partial charge in [0.15, 0.2) is 0 Å². The summed E-state index contributed by atoms with van der Waals surface area (Å²) >= 11 is 5.93. The molecule has 0 spiro atoms. The van der Waals surface area contributed by atoms with Gasteiger partial charge in [0, 0.05) is 18.9 Å². The summed E-state index contributed by atoms with van der Waals surface area (Å²) < 4.78 is 7.99. The van der Waals surface area contributed by atoms with Gasteiger partial charge in [0.2, 0.25) is 0 Å². The smallest absolute Gasteiger partial charge is 0.111 e. The number of hydrogen-bond acceptors (Lipinski definition) is 2. The molecule has 0 saturated carbocycles. The van der Waals surface area contributed by atoms with Gasteiger partial charge in [-0.2, -0.15) is 0 Å². The molecular formula is C15H19ClN2O. The number of aryl methyl sites for hydroxylation is 2. The molecule has 0 N–H and O–H groups in total. The van der Waals surface area contributed by atoms with E-state index in [4.69, 9.17) is 21.3 Å². The van der Waals surface area contributed by atoms with Crippen molar-refractivity contribution in [2.45, 2.75) is 32.2 Å². The average molecular weight is 279 g/mol. The van der Waals surface area contributed by atoms with Crippen LogP contribution < -0.4 is 0 Å². The average Bonchev–Trinajstić information content (AvgIpc) is 2.80. The van der Waals surface area contributed by atoms with Crippen LogP contribution in [0.2, 0.25) is 0 Å². The number of nitrogens with zero attached hydrogens (tertiary/aromatic N) is 2. The van der Waals surface area contributed by atoms with E-state index in [1.165, 1.54) is 11.1 Å². The van der Waals surface area contributed by atoms with Gasteiger partial charge < -0.3 is 9.30 Å². The molecule has 4 heteroatoms. The SMILES string of the molecule is Cc1cccc2c1nc(CCCl)n2C1CCCOC1. The van der Waals surface area contributed by atoms with E-state index in [-0.39, 0.29) is 0 Å². The zero-order valence-electron chi connectivity index (χ0n) is 11.2. The lowest BCUT2D eigenvalue weighted by molar-refractivity contribution is 0.0596. The summed E-state index contributed by atoms with van der Waals surface area (Å²) in [7, 11) is 0. The molecule has 102 valence electrons. The first-order valence-electron chi connectivity index (χ1n) is 6.91. The van der Waals surface area contributed by atoms with Gasteiger partial charge in [0.05, 0.1) is 23.7 Å². The van der Waals surface area contributed by atoms with Crippen LogP contribution in [-0.2, 0) is 11.2 Å². The molecule has 2 aromatic rings. The molecule has 0 bridgehead atoms. The van der Waals surface area contributed by atoms with Crippen LogP contribution in [0.25, 0.3) is 11.0 Å². The number of hydrogen-bond donors (Lipinski definition) is 0. The number of para-hydroxylation sites is 1. The zero-order chi connectivity index (χ0) is 13.2. The lowest BCUT2D eigenvalue weighted by atomic mass is 10.1. The summed E-state index contributed by atoms with van der Waals surface area (Å²) in [6.45, 7) is 3.78. The molecule has 2 heterocycles. The first kappa shape index (κ1) is 12.9. The lowest BCUT2D eigenvalue weighted by Crippen LogP contribution is -2.23. The van der Waals surface area contributed by atoms with E-state index in [1.54, 1.807) is 0 Å². The number of halogens is 1. The topological polar surface area (TPSA) is 27.1 Å². The van der Waals surface area contributed by atoms with Crippen LogP contribution >= 0.6 is 11.6 Å². The van der Waals surface area contributed by atoms with Crippen molar-refractivity contribution < 1.29 is 4.74 Å². The molecule has 0 radical (unpaired) electrons. The van der Waals surface area contributed by atoms with Crippen LogP contribution in [-0.4, -0.2) is 28.6 Å². The molecular weight excluding hydrogens is 260 g/mol. The minimum atomic E-state index is 0.402. The Hall–Kier alpha value is -1.06. The minimum absolute atomic E-state index is 0.402. The van der Waals surface area contributed by atoms with Gasteiger partial charge in [-0.1, -0.05) is 12.1 Å². The van der Waals surface area contributed by atoms with Crippen LogP contribution in [0, 0.1) is 6.92 Å². The van der Waals surface area contributed by atoms with Gasteiger partial charge in [-0.15, -0.1) is 11.6 Å². The van der Waals surface area contributed by atoms with Gasteiger partial charge in [-0.05, 0) is 31.4 Å². The second-order valence-electron chi connectivity index (χ2n) is 5.15. The Bertz CT molecular complexity index is 573. The van der Waals surface area contributed by atoms with E-state index >= 15 is 0 Å². The van der Waals surface area contributed by atoms with Crippen molar-refractivity contribution in [1.29, 1.82) is 0 Å². The molecule has 3 nitrogen and oxygen atoms in total. The second-order valence-corrected chi connectivity index (χ2v) is 5.53. The minimum Gasteiger partial charge on any atom is -0.379 e. The van der Waals surface area contributed by atoms with Crippen molar-refractivity contribution in [1.82, 2.24) is 9.55 Å². The van der Waals surface area contributed by atoms with Crippen molar-refractivity contribution in [2.24, 2.45) is 0 Å². The molecule has 19 heavy (non-hydrogen) atoms. The number of fused-ring (bicyclic) bond motifs is 1. The third kappa shape index (κ3) is 2.37. The highest BCUT2D eigenvalue weighted by molar-refractivity contribution is 6.17. The Morgan fingerprint density at radius 2 is 2.37 bits per heavy atom. The molecule has 1 aliphatic rings. The largest absolute Gasteiger partial charge is 0.379 e. The van der Waals surface area contributed by atoms with Crippen LogP contribution in [0.1, 0.15) is 30.3 Å². The zero-order valence-corrected chi connectivity index (χ0v) is 12.0. The quantitative estimate of drug-likeness (QED) is 0.804. The van der Waals surface area contributed by atoms with E-state index in [2.05, 4.69) is 29.7 Å². The Labute approximate surface area is 118 Å². The Balaban J connectivity index is 2.13. The maximum absolute atomic E-state index is 5.93. The fourth-order valence-electron chi connectivity index (χ4n) is 2.90. The molecule has 1 atom stereocenters. The molecule has 0 aliphatic carbocycles. The van der Waals surface area contributed by atoms with Crippen molar-refractivity contribution in [2.75, 3.05) is 19.1 Å². The number of aromatic nitrogens is 2. The van der Waals surface area contributed by atoms with Gasteiger partial charge in [-0.25, -0.2) is 4.98 Å². The summed E-state index contributed by atoms with van der Waals surface area (Å²) in [5.74, 6) is 1.70. The van der Waals surface area contributed by atoms with E-state index in [1.807, 2.05) is 0 Å². The number of imidazole rings is 1.